The van der Waals surface area contributed by atoms with Crippen LogP contribution in [0.3, 0.4) is 0 Å². The summed E-state index contributed by atoms with van der Waals surface area (Å²) in [5.74, 6) is 0.178. The Hall–Kier alpha value is -2.43. The predicted molar refractivity (Wildman–Crippen MR) is 175 cm³/mol. The standard InChI is InChI=1S/C33H51NO21/c1-11-19(38)29(55-32-26(45)24(43)21(40)17(53-32)10-48-31-25(44)23(42)20(39)15(8-35)52-31)27(46)33(49-11)54-28-18(34-12(2)37)30(51-16(9-36)22(28)41)50-14-6-4-13(47-3)5-7-14/h4-7,11,15-33,35-36,38-46H,8-10H2,1-3H3,(H,34,37)/t11-,15+,16+,17+,18+,19+,20-,21+,22+,23-,24-,25+,26-,27-,28+,29+,30+,31-,32+,33-/m0/s1. The molecule has 22 heteroatoms. The summed E-state index contributed by atoms with van der Waals surface area (Å²) in [6.07, 6.45) is -31.4. The molecule has 4 heterocycles. The van der Waals surface area contributed by atoms with Crippen LogP contribution in [0.5, 0.6) is 11.5 Å². The molecule has 4 saturated heterocycles. The molecule has 0 aromatic heterocycles. The predicted octanol–water partition coefficient (Wildman–Crippen LogP) is -6.48. The molecule has 4 fully saturated rings. The molecular formula is C33H51NO21. The molecule has 20 atom stereocenters. The van der Waals surface area contributed by atoms with Crippen molar-refractivity contribution in [1.82, 2.24) is 5.32 Å². The third-order valence-electron chi connectivity index (χ3n) is 9.84. The number of hydrogen-bond donors (Lipinski definition) is 12. The van der Waals surface area contributed by atoms with E-state index in [-0.39, 0.29) is 5.75 Å². The van der Waals surface area contributed by atoms with Gasteiger partial charge in [0.15, 0.2) is 18.9 Å². The number of carbonyl (C=O) groups is 1. The Kier molecular flexibility index (Phi) is 15.0. The second-order valence-corrected chi connectivity index (χ2v) is 13.7. The molecule has 0 bridgehead atoms. The Morgan fingerprint density at radius 3 is 1.73 bits per heavy atom. The lowest BCUT2D eigenvalue weighted by molar-refractivity contribution is -0.373. The van der Waals surface area contributed by atoms with Gasteiger partial charge in [0, 0.05) is 6.92 Å². The molecule has 1 amide bonds. The molecule has 5 rings (SSSR count). The molecule has 0 radical (unpaired) electrons. The van der Waals surface area contributed by atoms with E-state index in [9.17, 15) is 61.0 Å². The Morgan fingerprint density at radius 2 is 1.13 bits per heavy atom. The molecule has 314 valence electrons. The first kappa shape index (κ1) is 43.7. The normalized spacial score (nSPS) is 45.1. The van der Waals surface area contributed by atoms with Crippen molar-refractivity contribution in [2.75, 3.05) is 26.9 Å². The van der Waals surface area contributed by atoms with Crippen LogP contribution >= 0.6 is 0 Å². The van der Waals surface area contributed by atoms with Crippen molar-refractivity contribution in [3.8, 4) is 11.5 Å². The minimum atomic E-state index is -1.97. The van der Waals surface area contributed by atoms with Gasteiger partial charge < -0.3 is 104 Å². The molecule has 1 aromatic rings. The second-order valence-electron chi connectivity index (χ2n) is 13.7. The van der Waals surface area contributed by atoms with E-state index in [1.165, 1.54) is 21.0 Å². The molecule has 4 aliphatic rings. The van der Waals surface area contributed by atoms with Crippen LogP contribution < -0.4 is 14.8 Å². The van der Waals surface area contributed by atoms with Crippen LogP contribution in [0.2, 0.25) is 0 Å². The van der Waals surface area contributed by atoms with Gasteiger partial charge in [0.2, 0.25) is 12.2 Å². The van der Waals surface area contributed by atoms with Gasteiger partial charge in [-0.05, 0) is 31.2 Å². The largest absolute Gasteiger partial charge is 0.497 e. The van der Waals surface area contributed by atoms with Crippen LogP contribution in [0.25, 0.3) is 0 Å². The van der Waals surface area contributed by atoms with Crippen LogP contribution in [0.4, 0.5) is 0 Å². The van der Waals surface area contributed by atoms with E-state index < -0.39 is 148 Å². The quantitative estimate of drug-likeness (QED) is 0.0883. The fraction of sp³-hybridized carbons (Fsp3) is 0.788. The van der Waals surface area contributed by atoms with Crippen molar-refractivity contribution >= 4 is 5.91 Å². The number of aliphatic hydroxyl groups excluding tert-OH is 11. The average molecular weight is 798 g/mol. The fourth-order valence-corrected chi connectivity index (χ4v) is 6.65. The van der Waals surface area contributed by atoms with Crippen molar-refractivity contribution in [2.45, 2.75) is 137 Å². The average Bonchev–Trinajstić information content (AvgIpc) is 3.16. The van der Waals surface area contributed by atoms with E-state index in [1.54, 1.807) is 24.3 Å². The number of aliphatic hydroxyl groups is 11. The number of hydrogen-bond acceptors (Lipinski definition) is 21. The van der Waals surface area contributed by atoms with E-state index in [1.807, 2.05) is 0 Å². The Morgan fingerprint density at radius 1 is 0.618 bits per heavy atom. The summed E-state index contributed by atoms with van der Waals surface area (Å²) in [6.45, 7) is 0.427. The molecule has 0 aliphatic carbocycles. The number of ether oxygens (including phenoxy) is 9. The monoisotopic (exact) mass is 797 g/mol. The van der Waals surface area contributed by atoms with Crippen molar-refractivity contribution in [1.29, 1.82) is 0 Å². The minimum Gasteiger partial charge on any atom is -0.497 e. The van der Waals surface area contributed by atoms with Gasteiger partial charge in [0.25, 0.3) is 0 Å². The van der Waals surface area contributed by atoms with Gasteiger partial charge in [-0.25, -0.2) is 0 Å². The minimum absolute atomic E-state index is 0.252. The summed E-state index contributed by atoms with van der Waals surface area (Å²) in [7, 11) is 1.47. The third kappa shape index (κ3) is 9.65. The van der Waals surface area contributed by atoms with Crippen LogP contribution in [0, 0.1) is 0 Å². The smallest absolute Gasteiger partial charge is 0.223 e. The van der Waals surface area contributed by atoms with Crippen LogP contribution in [-0.4, -0.2) is 212 Å². The third-order valence-corrected chi connectivity index (χ3v) is 9.84. The maximum Gasteiger partial charge on any atom is 0.223 e. The van der Waals surface area contributed by atoms with Crippen molar-refractivity contribution in [2.24, 2.45) is 0 Å². The topological polar surface area (TPSA) is 335 Å². The van der Waals surface area contributed by atoms with Crippen LogP contribution in [0.15, 0.2) is 24.3 Å². The highest BCUT2D eigenvalue weighted by molar-refractivity contribution is 5.73. The highest BCUT2D eigenvalue weighted by Crippen LogP contribution is 2.34. The van der Waals surface area contributed by atoms with Crippen LogP contribution in [0.1, 0.15) is 13.8 Å². The first-order valence-corrected chi connectivity index (χ1v) is 17.6. The summed E-state index contributed by atoms with van der Waals surface area (Å²) in [6, 6.07) is 4.99. The molecule has 1 aromatic carbocycles. The van der Waals surface area contributed by atoms with Crippen molar-refractivity contribution < 1.29 is 104 Å². The Balaban J connectivity index is 1.31. The fourth-order valence-electron chi connectivity index (χ4n) is 6.65. The zero-order valence-electron chi connectivity index (χ0n) is 30.0. The summed E-state index contributed by atoms with van der Waals surface area (Å²) in [5.41, 5.74) is 0. The number of amides is 1. The Labute approximate surface area is 314 Å². The lowest BCUT2D eigenvalue weighted by atomic mass is 9.95. The summed E-state index contributed by atoms with van der Waals surface area (Å²) in [5, 5.41) is 118. The number of methoxy groups -OCH3 is 1. The summed E-state index contributed by atoms with van der Waals surface area (Å²) in [4.78, 5) is 12.3. The molecule has 55 heavy (non-hydrogen) atoms. The lowest BCUT2D eigenvalue weighted by Gasteiger charge is -2.48. The van der Waals surface area contributed by atoms with Gasteiger partial charge in [0.05, 0.1) is 33.0 Å². The van der Waals surface area contributed by atoms with E-state index in [4.69, 9.17) is 42.6 Å². The van der Waals surface area contributed by atoms with Gasteiger partial charge in [-0.2, -0.15) is 0 Å². The maximum atomic E-state index is 12.3. The molecule has 0 saturated carbocycles. The number of benzene rings is 1. The molecule has 22 nitrogen and oxygen atoms in total. The molecule has 0 unspecified atom stereocenters. The van der Waals surface area contributed by atoms with E-state index in [2.05, 4.69) is 5.32 Å². The Bertz CT molecular complexity index is 1360. The second kappa shape index (κ2) is 18.9. The first-order valence-electron chi connectivity index (χ1n) is 17.6. The van der Waals surface area contributed by atoms with Crippen molar-refractivity contribution in [3.63, 3.8) is 0 Å². The van der Waals surface area contributed by atoms with Gasteiger partial charge in [0.1, 0.15) is 103 Å². The molecular weight excluding hydrogens is 746 g/mol. The van der Waals surface area contributed by atoms with Crippen LogP contribution in [-0.2, 0) is 38.0 Å². The molecule has 0 spiro atoms. The maximum absolute atomic E-state index is 12.3. The van der Waals surface area contributed by atoms with Crippen molar-refractivity contribution in [3.05, 3.63) is 24.3 Å². The molecule has 12 N–H and O–H groups in total. The van der Waals surface area contributed by atoms with E-state index >= 15 is 0 Å². The van der Waals surface area contributed by atoms with Gasteiger partial charge in [-0.3, -0.25) is 4.79 Å². The zero-order valence-corrected chi connectivity index (χ0v) is 30.0. The van der Waals surface area contributed by atoms with E-state index in [0.29, 0.717) is 5.75 Å². The van der Waals surface area contributed by atoms with Gasteiger partial charge in [-0.1, -0.05) is 0 Å². The SMILES string of the molecule is COc1ccc(O[C@@H]2O[C@H](CO)[C@@H](O)[C@H](O[C@@H]3O[C@@H](C)[C@@H](O)[C@@H](O[C@H]4O[C@H](CO[C@H]5O[C@H](CO)[C@H](O)[C@H](O)[C@H]5O)[C@@H](O)[C@H](O)[C@@H]4O)[C@@H]3O)[C@H]2NC(C)=O)cc1. The van der Waals surface area contributed by atoms with E-state index in [0.717, 1.165) is 0 Å². The summed E-state index contributed by atoms with van der Waals surface area (Å²) >= 11 is 0. The highest BCUT2D eigenvalue weighted by Gasteiger charge is 2.54. The number of nitrogens with one attached hydrogen (secondary N) is 1. The highest BCUT2D eigenvalue weighted by atomic mass is 16.8. The zero-order chi connectivity index (χ0) is 40.3. The van der Waals surface area contributed by atoms with Gasteiger partial charge >= 0.3 is 0 Å². The number of rotatable bonds is 13. The number of carbonyl (C=O) groups excluding carboxylic acids is 1. The lowest BCUT2D eigenvalue weighted by Crippen LogP contribution is -2.69. The first-order chi connectivity index (χ1) is 26.1. The molecule has 4 aliphatic heterocycles. The summed E-state index contributed by atoms with van der Waals surface area (Å²) < 4.78 is 50.8. The van der Waals surface area contributed by atoms with Gasteiger partial charge in [-0.15, -0.1) is 0 Å².